The van der Waals surface area contributed by atoms with Gasteiger partial charge in [-0.3, -0.25) is 9.59 Å². The van der Waals surface area contributed by atoms with Crippen LogP contribution in [0.3, 0.4) is 0 Å². The molecule has 7 heteroatoms. The maximum Gasteiger partial charge on any atom is 0.256 e. The molecule has 2 heterocycles. The van der Waals surface area contributed by atoms with Gasteiger partial charge in [-0.15, -0.1) is 6.58 Å². The predicted octanol–water partition coefficient (Wildman–Crippen LogP) is 3.75. The van der Waals surface area contributed by atoms with Crippen LogP contribution in [0.25, 0.3) is 11.1 Å². The van der Waals surface area contributed by atoms with Crippen LogP contribution in [0, 0.1) is 0 Å². The fourth-order valence-electron chi connectivity index (χ4n) is 3.87. The second kappa shape index (κ2) is 7.89. The van der Waals surface area contributed by atoms with Crippen molar-refractivity contribution in [3.63, 3.8) is 0 Å². The molecule has 0 aliphatic carbocycles. The number of methoxy groups -OCH3 is 1. The highest BCUT2D eigenvalue weighted by atomic mass is 35.5. The van der Waals surface area contributed by atoms with E-state index in [1.165, 1.54) is 0 Å². The van der Waals surface area contributed by atoms with Gasteiger partial charge in [-0.2, -0.15) is 0 Å². The Hall–Kier alpha value is -2.83. The first kappa shape index (κ1) is 19.5. The van der Waals surface area contributed by atoms with E-state index < -0.39 is 6.04 Å². The molecule has 0 radical (unpaired) electrons. The number of hydrogen-bond donors (Lipinski definition) is 1. The molecular weight excluding hydrogens is 392 g/mol. The summed E-state index contributed by atoms with van der Waals surface area (Å²) in [6.07, 6.45) is 1.94. The van der Waals surface area contributed by atoms with Crippen LogP contribution in [-0.2, 0) is 9.53 Å². The Bertz CT molecular complexity index is 991. The van der Waals surface area contributed by atoms with Crippen LogP contribution in [0.4, 0.5) is 5.69 Å². The third-order valence-electron chi connectivity index (χ3n) is 5.26. The molecule has 2 amide bonds. The summed E-state index contributed by atoms with van der Waals surface area (Å²) < 4.78 is 11.1. The minimum Gasteiger partial charge on any atom is -0.496 e. The summed E-state index contributed by atoms with van der Waals surface area (Å²) in [5.41, 5.74) is 2.49. The molecule has 2 atom stereocenters. The predicted molar refractivity (Wildman–Crippen MR) is 111 cm³/mol. The Labute approximate surface area is 174 Å². The molecule has 0 unspecified atom stereocenters. The highest BCUT2D eigenvalue weighted by Crippen LogP contribution is 2.36. The molecule has 4 rings (SSSR count). The lowest BCUT2D eigenvalue weighted by atomic mass is 10.0. The molecule has 0 aromatic heterocycles. The number of anilines is 1. The van der Waals surface area contributed by atoms with E-state index in [4.69, 9.17) is 21.1 Å². The summed E-state index contributed by atoms with van der Waals surface area (Å²) >= 11 is 6.16. The van der Waals surface area contributed by atoms with Crippen molar-refractivity contribution in [1.82, 2.24) is 4.90 Å². The average Bonchev–Trinajstić information content (AvgIpc) is 3.13. The summed E-state index contributed by atoms with van der Waals surface area (Å²) in [5.74, 6) is 0.252. The number of benzene rings is 2. The zero-order chi connectivity index (χ0) is 20.5. The van der Waals surface area contributed by atoms with Gasteiger partial charge in [-0.1, -0.05) is 23.7 Å². The molecule has 0 spiro atoms. The number of halogens is 1. The van der Waals surface area contributed by atoms with Crippen LogP contribution in [0.5, 0.6) is 5.75 Å². The fraction of sp³-hybridized carbons (Fsp3) is 0.273. The van der Waals surface area contributed by atoms with Gasteiger partial charge in [-0.05, 0) is 35.9 Å². The lowest BCUT2D eigenvalue weighted by molar-refractivity contribution is -0.119. The summed E-state index contributed by atoms with van der Waals surface area (Å²) in [7, 11) is 1.58. The first-order valence-corrected chi connectivity index (χ1v) is 9.72. The van der Waals surface area contributed by atoms with E-state index in [2.05, 4.69) is 11.9 Å². The maximum absolute atomic E-state index is 13.3. The van der Waals surface area contributed by atoms with Crippen LogP contribution in [0.1, 0.15) is 16.8 Å². The van der Waals surface area contributed by atoms with Crippen molar-refractivity contribution in [2.45, 2.75) is 18.6 Å². The number of carbonyl (C=O) groups is 2. The largest absolute Gasteiger partial charge is 0.496 e. The van der Waals surface area contributed by atoms with Crippen molar-refractivity contribution in [3.8, 4) is 16.9 Å². The number of nitrogens with zero attached hydrogens (tertiary/aromatic N) is 1. The maximum atomic E-state index is 13.3. The van der Waals surface area contributed by atoms with Crippen molar-refractivity contribution >= 4 is 29.1 Å². The van der Waals surface area contributed by atoms with Crippen molar-refractivity contribution < 1.29 is 19.1 Å². The smallest absolute Gasteiger partial charge is 0.256 e. The Balaban J connectivity index is 1.72. The molecule has 1 N–H and O–H groups in total. The number of carbonyl (C=O) groups excluding carboxylic acids is 2. The summed E-state index contributed by atoms with van der Waals surface area (Å²) in [6, 6.07) is 10.1. The molecular formula is C22H21ClN2O4. The van der Waals surface area contributed by atoms with Crippen molar-refractivity contribution in [1.29, 1.82) is 0 Å². The van der Waals surface area contributed by atoms with Gasteiger partial charge in [0.05, 0.1) is 31.1 Å². The fourth-order valence-corrected chi connectivity index (χ4v) is 4.04. The van der Waals surface area contributed by atoms with Gasteiger partial charge < -0.3 is 19.7 Å². The van der Waals surface area contributed by atoms with Gasteiger partial charge in [0.25, 0.3) is 5.91 Å². The van der Waals surface area contributed by atoms with Crippen LogP contribution in [0.15, 0.2) is 49.1 Å². The quantitative estimate of drug-likeness (QED) is 0.759. The van der Waals surface area contributed by atoms with E-state index in [-0.39, 0.29) is 17.9 Å². The van der Waals surface area contributed by atoms with Crippen LogP contribution in [-0.4, -0.2) is 49.1 Å². The molecule has 1 fully saturated rings. The molecule has 150 valence electrons. The van der Waals surface area contributed by atoms with Crippen molar-refractivity contribution in [2.75, 3.05) is 25.6 Å². The average molecular weight is 413 g/mol. The van der Waals surface area contributed by atoms with Gasteiger partial charge in [-0.25, -0.2) is 0 Å². The number of hydrogen-bond acceptors (Lipinski definition) is 4. The first-order valence-electron chi connectivity index (χ1n) is 9.34. The van der Waals surface area contributed by atoms with Gasteiger partial charge in [0.15, 0.2) is 0 Å². The van der Waals surface area contributed by atoms with Crippen molar-refractivity contribution in [2.24, 2.45) is 0 Å². The number of amides is 2. The van der Waals surface area contributed by atoms with Gasteiger partial charge in [0.2, 0.25) is 5.91 Å². The second-order valence-corrected chi connectivity index (χ2v) is 7.48. The number of fused-ring (bicyclic) bond motifs is 2. The van der Waals surface area contributed by atoms with E-state index in [0.717, 1.165) is 11.1 Å². The van der Waals surface area contributed by atoms with E-state index in [9.17, 15) is 9.59 Å². The molecule has 2 aliphatic rings. The van der Waals surface area contributed by atoms with Gasteiger partial charge in [0, 0.05) is 23.6 Å². The zero-order valence-corrected chi connectivity index (χ0v) is 16.7. The van der Waals surface area contributed by atoms with E-state index in [1.54, 1.807) is 48.4 Å². The number of ether oxygens (including phenoxy) is 2. The molecule has 0 saturated carbocycles. The number of nitrogens with one attached hydrogen (secondary N) is 1. The number of rotatable bonds is 5. The minimum atomic E-state index is -0.547. The monoisotopic (exact) mass is 412 g/mol. The van der Waals surface area contributed by atoms with E-state index >= 15 is 0 Å². The highest BCUT2D eigenvalue weighted by Gasteiger charge is 2.43. The first-order chi connectivity index (χ1) is 14.0. The molecule has 1 saturated heterocycles. The molecule has 2 aromatic carbocycles. The van der Waals surface area contributed by atoms with Crippen LogP contribution >= 0.6 is 11.6 Å². The molecule has 2 aromatic rings. The van der Waals surface area contributed by atoms with E-state index in [1.807, 2.05) is 6.07 Å². The Morgan fingerprint density at radius 1 is 1.24 bits per heavy atom. The topological polar surface area (TPSA) is 67.9 Å². The standard InChI is InChI=1S/C22H21ClN2O4/c1-3-8-29-15-11-19-21(26)24-18-6-4-13(9-17(18)22(27)25(19)12-15)16-10-14(23)5-7-20(16)28-2/h3-7,9-10,15,19H,1,8,11-12H2,2H3,(H,24,26)/t15-,19+/m1/s1. The summed E-state index contributed by atoms with van der Waals surface area (Å²) in [6.45, 7) is 4.40. The summed E-state index contributed by atoms with van der Waals surface area (Å²) in [5, 5.41) is 3.45. The normalized spacial score (nSPS) is 20.6. The molecule has 0 bridgehead atoms. The molecule has 2 aliphatic heterocycles. The molecule has 6 nitrogen and oxygen atoms in total. The lowest BCUT2D eigenvalue weighted by Gasteiger charge is -2.20. The lowest BCUT2D eigenvalue weighted by Crippen LogP contribution is -2.40. The highest BCUT2D eigenvalue weighted by molar-refractivity contribution is 6.31. The molecule has 29 heavy (non-hydrogen) atoms. The van der Waals surface area contributed by atoms with Gasteiger partial charge >= 0.3 is 0 Å². The van der Waals surface area contributed by atoms with E-state index in [0.29, 0.717) is 41.6 Å². The second-order valence-electron chi connectivity index (χ2n) is 7.05. The van der Waals surface area contributed by atoms with Crippen LogP contribution < -0.4 is 10.1 Å². The van der Waals surface area contributed by atoms with Gasteiger partial charge in [0.1, 0.15) is 11.8 Å². The zero-order valence-electron chi connectivity index (χ0n) is 16.0. The third-order valence-corrected chi connectivity index (χ3v) is 5.49. The summed E-state index contributed by atoms with van der Waals surface area (Å²) in [4.78, 5) is 27.6. The Morgan fingerprint density at radius 2 is 2.07 bits per heavy atom. The third kappa shape index (κ3) is 3.61. The SMILES string of the molecule is C=CCO[C@@H]1C[C@H]2C(=O)Nc3ccc(-c4cc(Cl)ccc4OC)cc3C(=O)N2C1. The van der Waals surface area contributed by atoms with Crippen molar-refractivity contribution in [3.05, 3.63) is 59.6 Å². The van der Waals surface area contributed by atoms with Crippen LogP contribution in [0.2, 0.25) is 5.02 Å². The Morgan fingerprint density at radius 3 is 2.83 bits per heavy atom. The minimum absolute atomic E-state index is 0.189. The Kier molecular flexibility index (Phi) is 5.30.